The van der Waals surface area contributed by atoms with E-state index in [1.165, 1.54) is 12.3 Å². The zero-order chi connectivity index (χ0) is 13.8. The molecule has 0 saturated carbocycles. The number of halogens is 1. The monoisotopic (exact) mass is 263 g/mol. The van der Waals surface area contributed by atoms with Crippen molar-refractivity contribution in [2.45, 2.75) is 6.92 Å². The highest BCUT2D eigenvalue weighted by atomic mass is 19.1. The molecule has 2 rings (SSSR count). The van der Waals surface area contributed by atoms with E-state index in [1.807, 2.05) is 0 Å². The molecule has 0 aliphatic heterocycles. The maximum atomic E-state index is 13.7. The molecule has 0 atom stereocenters. The molecule has 0 radical (unpaired) electrons. The minimum Gasteiger partial charge on any atom is -0.365 e. The quantitative estimate of drug-likeness (QED) is 0.669. The van der Waals surface area contributed by atoms with Crippen LogP contribution in [0.2, 0.25) is 0 Å². The lowest BCUT2D eigenvalue weighted by Gasteiger charge is -2.07. The van der Waals surface area contributed by atoms with Gasteiger partial charge in [0.15, 0.2) is 11.5 Å². The molecule has 1 N–H and O–H groups in total. The minimum absolute atomic E-state index is 0.0169. The third-order valence-corrected chi connectivity index (χ3v) is 2.38. The highest BCUT2D eigenvalue weighted by Gasteiger charge is 2.25. The Hall–Kier alpha value is -2.64. The van der Waals surface area contributed by atoms with Crippen LogP contribution in [0.3, 0.4) is 0 Å². The molecule has 98 valence electrons. The standard InChI is InChI=1S/C11H10FN5O2/c1-2-14-11-10(17(18)19)9(15-6-16-11)7-3-4-13-5-8(7)12/h3-6H,2H2,1H3,(H,14,15,16). The minimum atomic E-state index is -0.674. The fourth-order valence-corrected chi connectivity index (χ4v) is 1.61. The summed E-state index contributed by atoms with van der Waals surface area (Å²) in [5.41, 5.74) is -0.409. The fraction of sp³-hybridized carbons (Fsp3) is 0.182. The van der Waals surface area contributed by atoms with Crippen LogP contribution in [0.25, 0.3) is 11.3 Å². The van der Waals surface area contributed by atoms with Crippen LogP contribution in [0.4, 0.5) is 15.9 Å². The summed E-state index contributed by atoms with van der Waals surface area (Å²) in [5, 5.41) is 13.9. The van der Waals surface area contributed by atoms with E-state index in [-0.39, 0.29) is 22.8 Å². The summed E-state index contributed by atoms with van der Waals surface area (Å²) >= 11 is 0. The summed E-state index contributed by atoms with van der Waals surface area (Å²) in [6.07, 6.45) is 3.48. The van der Waals surface area contributed by atoms with E-state index < -0.39 is 10.7 Å². The summed E-state index contributed by atoms with van der Waals surface area (Å²) in [4.78, 5) is 21.7. The molecule has 0 spiro atoms. The van der Waals surface area contributed by atoms with Crippen LogP contribution in [0.1, 0.15) is 6.92 Å². The number of pyridine rings is 1. The number of hydrogen-bond donors (Lipinski definition) is 1. The van der Waals surface area contributed by atoms with Gasteiger partial charge in [0, 0.05) is 18.3 Å². The lowest BCUT2D eigenvalue weighted by Crippen LogP contribution is -2.06. The highest BCUT2D eigenvalue weighted by Crippen LogP contribution is 2.33. The molecule has 0 amide bonds. The Labute approximate surface area is 107 Å². The van der Waals surface area contributed by atoms with Gasteiger partial charge < -0.3 is 5.32 Å². The molecule has 0 bridgehead atoms. The lowest BCUT2D eigenvalue weighted by atomic mass is 10.1. The van der Waals surface area contributed by atoms with Gasteiger partial charge in [0.05, 0.1) is 11.1 Å². The Morgan fingerprint density at radius 3 is 2.89 bits per heavy atom. The number of rotatable bonds is 4. The van der Waals surface area contributed by atoms with E-state index in [0.717, 1.165) is 12.5 Å². The second kappa shape index (κ2) is 5.34. The predicted molar refractivity (Wildman–Crippen MR) is 66.0 cm³/mol. The van der Waals surface area contributed by atoms with Gasteiger partial charge in [-0.3, -0.25) is 15.1 Å². The van der Waals surface area contributed by atoms with Crippen LogP contribution in [-0.4, -0.2) is 26.4 Å². The van der Waals surface area contributed by atoms with Crippen molar-refractivity contribution in [1.29, 1.82) is 0 Å². The Kier molecular flexibility index (Phi) is 3.60. The van der Waals surface area contributed by atoms with Gasteiger partial charge in [-0.05, 0) is 13.0 Å². The Bertz CT molecular complexity index is 620. The van der Waals surface area contributed by atoms with Crippen molar-refractivity contribution in [2.24, 2.45) is 0 Å². The van der Waals surface area contributed by atoms with Crippen LogP contribution >= 0.6 is 0 Å². The van der Waals surface area contributed by atoms with Crippen molar-refractivity contribution >= 4 is 11.5 Å². The molecule has 2 aromatic rings. The largest absolute Gasteiger partial charge is 0.365 e. The summed E-state index contributed by atoms with van der Waals surface area (Å²) in [6, 6.07) is 1.33. The number of hydrogen-bond acceptors (Lipinski definition) is 6. The topological polar surface area (TPSA) is 93.8 Å². The van der Waals surface area contributed by atoms with Gasteiger partial charge in [-0.2, -0.15) is 0 Å². The highest BCUT2D eigenvalue weighted by molar-refractivity contribution is 5.76. The van der Waals surface area contributed by atoms with Crippen molar-refractivity contribution in [1.82, 2.24) is 15.0 Å². The predicted octanol–water partition coefficient (Wildman–Crippen LogP) is 2.02. The van der Waals surface area contributed by atoms with Crippen molar-refractivity contribution in [3.63, 3.8) is 0 Å². The summed E-state index contributed by atoms with van der Waals surface area (Å²) in [6.45, 7) is 2.23. The molecule has 0 aliphatic rings. The SMILES string of the molecule is CCNc1ncnc(-c2ccncc2F)c1[N+](=O)[O-]. The smallest absolute Gasteiger partial charge is 0.337 e. The van der Waals surface area contributed by atoms with E-state index in [1.54, 1.807) is 6.92 Å². The van der Waals surface area contributed by atoms with Crippen LogP contribution in [-0.2, 0) is 0 Å². The van der Waals surface area contributed by atoms with Crippen LogP contribution < -0.4 is 5.32 Å². The molecule has 7 nitrogen and oxygen atoms in total. The number of nitrogens with zero attached hydrogens (tertiary/aromatic N) is 4. The molecule has 0 unspecified atom stereocenters. The number of anilines is 1. The van der Waals surface area contributed by atoms with Crippen molar-refractivity contribution < 1.29 is 9.31 Å². The molecule has 8 heteroatoms. The zero-order valence-corrected chi connectivity index (χ0v) is 10.00. The maximum Gasteiger partial charge on any atom is 0.337 e. The van der Waals surface area contributed by atoms with Gasteiger partial charge in [-0.25, -0.2) is 14.4 Å². The molecule has 0 saturated heterocycles. The first kappa shape index (κ1) is 12.8. The van der Waals surface area contributed by atoms with Crippen molar-refractivity contribution in [3.8, 4) is 11.3 Å². The first-order chi connectivity index (χ1) is 9.15. The number of nitrogens with one attached hydrogen (secondary N) is 1. The summed E-state index contributed by atoms with van der Waals surface area (Å²) < 4.78 is 13.7. The Balaban J connectivity index is 2.67. The fourth-order valence-electron chi connectivity index (χ4n) is 1.61. The molecule has 2 aromatic heterocycles. The Morgan fingerprint density at radius 1 is 1.47 bits per heavy atom. The summed E-state index contributed by atoms with van der Waals surface area (Å²) in [5.74, 6) is -0.611. The normalized spacial score (nSPS) is 10.2. The van der Waals surface area contributed by atoms with Gasteiger partial charge in [-0.1, -0.05) is 0 Å². The van der Waals surface area contributed by atoms with Gasteiger partial charge in [0.2, 0.25) is 5.82 Å². The third kappa shape index (κ3) is 2.46. The molecule has 0 aliphatic carbocycles. The molecule has 2 heterocycles. The van der Waals surface area contributed by atoms with Gasteiger partial charge >= 0.3 is 5.69 Å². The van der Waals surface area contributed by atoms with Crippen molar-refractivity contribution in [2.75, 3.05) is 11.9 Å². The van der Waals surface area contributed by atoms with Crippen LogP contribution in [0.5, 0.6) is 0 Å². The Morgan fingerprint density at radius 2 is 2.26 bits per heavy atom. The first-order valence-electron chi connectivity index (χ1n) is 5.48. The van der Waals surface area contributed by atoms with Gasteiger partial charge in [0.25, 0.3) is 0 Å². The van der Waals surface area contributed by atoms with Gasteiger partial charge in [0.1, 0.15) is 6.33 Å². The zero-order valence-electron chi connectivity index (χ0n) is 10.00. The first-order valence-corrected chi connectivity index (χ1v) is 5.48. The molecule has 0 fully saturated rings. The van der Waals surface area contributed by atoms with Gasteiger partial charge in [-0.15, -0.1) is 0 Å². The number of aromatic nitrogens is 3. The summed E-state index contributed by atoms with van der Waals surface area (Å²) in [7, 11) is 0. The van der Waals surface area contributed by atoms with E-state index >= 15 is 0 Å². The second-order valence-electron chi connectivity index (χ2n) is 3.56. The molecular weight excluding hydrogens is 253 g/mol. The molecule has 19 heavy (non-hydrogen) atoms. The third-order valence-electron chi connectivity index (χ3n) is 2.38. The molecular formula is C11H10FN5O2. The van der Waals surface area contributed by atoms with E-state index in [0.29, 0.717) is 6.54 Å². The molecule has 0 aromatic carbocycles. The van der Waals surface area contributed by atoms with Crippen LogP contribution in [0, 0.1) is 15.9 Å². The number of nitro groups is 1. The van der Waals surface area contributed by atoms with Crippen molar-refractivity contribution in [3.05, 3.63) is 40.7 Å². The average molecular weight is 263 g/mol. The van der Waals surface area contributed by atoms with Crippen LogP contribution in [0.15, 0.2) is 24.8 Å². The van der Waals surface area contributed by atoms with E-state index in [4.69, 9.17) is 0 Å². The second-order valence-corrected chi connectivity index (χ2v) is 3.56. The maximum absolute atomic E-state index is 13.7. The van der Waals surface area contributed by atoms with E-state index in [9.17, 15) is 14.5 Å². The average Bonchev–Trinajstić information content (AvgIpc) is 2.39. The van der Waals surface area contributed by atoms with E-state index in [2.05, 4.69) is 20.3 Å². The lowest BCUT2D eigenvalue weighted by molar-refractivity contribution is -0.383.